The minimum absolute atomic E-state index is 0.157. The molecule has 1 saturated carbocycles. The van der Waals surface area contributed by atoms with Gasteiger partial charge in [0.25, 0.3) is 5.91 Å². The number of rotatable bonds is 1. The smallest absolute Gasteiger partial charge is 0.256 e. The Morgan fingerprint density at radius 3 is 2.72 bits per heavy atom. The maximum absolute atomic E-state index is 13.6. The highest BCUT2D eigenvalue weighted by atomic mass is 19.1. The molecule has 2 unspecified atom stereocenters. The van der Waals surface area contributed by atoms with Crippen LogP contribution in [-0.2, 0) is 0 Å². The summed E-state index contributed by atoms with van der Waals surface area (Å²) in [4.78, 5) is 17.8. The fraction of sp³-hybridized carbons (Fsp3) is 0.571. The number of hydrogen-bond donors (Lipinski definition) is 0. The molecule has 0 radical (unpaired) electrons. The molecule has 1 amide bonds. The highest BCUT2D eigenvalue weighted by Crippen LogP contribution is 2.34. The number of carbonyl (C=O) groups is 1. The van der Waals surface area contributed by atoms with Crippen LogP contribution in [0.25, 0.3) is 0 Å². The first-order valence-electron chi connectivity index (χ1n) is 6.63. The average molecular weight is 248 g/mol. The van der Waals surface area contributed by atoms with Crippen LogP contribution in [0.15, 0.2) is 18.5 Å². The second-order valence-corrected chi connectivity index (χ2v) is 5.46. The first kappa shape index (κ1) is 11.6. The fourth-order valence-electron chi connectivity index (χ4n) is 3.32. The Hall–Kier alpha value is -1.45. The summed E-state index contributed by atoms with van der Waals surface area (Å²) >= 11 is 0. The number of aromatic nitrogens is 1. The Balaban J connectivity index is 1.79. The molecule has 18 heavy (non-hydrogen) atoms. The molecule has 1 aliphatic carbocycles. The lowest BCUT2D eigenvalue weighted by atomic mass is 9.78. The summed E-state index contributed by atoms with van der Waals surface area (Å²) in [5.41, 5.74) is 0.157. The van der Waals surface area contributed by atoms with Crippen molar-refractivity contribution < 1.29 is 9.18 Å². The Labute approximate surface area is 106 Å². The number of piperidine rings is 1. The molecule has 1 aromatic rings. The molecule has 3 rings (SSSR count). The van der Waals surface area contributed by atoms with Gasteiger partial charge in [-0.3, -0.25) is 9.78 Å². The number of carbonyl (C=O) groups excluding carboxylic acids is 1. The Bertz CT molecular complexity index is 451. The molecule has 3 nitrogen and oxygen atoms in total. The Kier molecular flexibility index (Phi) is 3.02. The summed E-state index contributed by atoms with van der Waals surface area (Å²) < 4.78 is 13.6. The van der Waals surface area contributed by atoms with E-state index < -0.39 is 5.82 Å². The SMILES string of the molecule is O=C(c1ccncc1F)N1CC2CCCC(C2)C1. The first-order chi connectivity index (χ1) is 8.74. The number of likely N-dealkylation sites (tertiary alicyclic amines) is 1. The molecule has 96 valence electrons. The molecule has 2 aliphatic rings. The van der Waals surface area contributed by atoms with Gasteiger partial charge < -0.3 is 4.90 Å². The van der Waals surface area contributed by atoms with Crippen molar-refractivity contribution >= 4 is 5.91 Å². The van der Waals surface area contributed by atoms with Crippen molar-refractivity contribution in [1.82, 2.24) is 9.88 Å². The maximum atomic E-state index is 13.6. The van der Waals surface area contributed by atoms with E-state index in [1.54, 1.807) is 0 Å². The lowest BCUT2D eigenvalue weighted by Gasteiger charge is -2.41. The Morgan fingerprint density at radius 1 is 1.33 bits per heavy atom. The zero-order chi connectivity index (χ0) is 12.5. The van der Waals surface area contributed by atoms with Gasteiger partial charge in [-0.05, 0) is 37.2 Å². The van der Waals surface area contributed by atoms with Gasteiger partial charge in [0.05, 0.1) is 11.8 Å². The normalized spacial score (nSPS) is 27.1. The van der Waals surface area contributed by atoms with E-state index in [1.165, 1.54) is 37.9 Å². The van der Waals surface area contributed by atoms with Crippen LogP contribution in [0.1, 0.15) is 36.0 Å². The molecular formula is C14H17FN2O. The summed E-state index contributed by atoms with van der Waals surface area (Å²) in [7, 11) is 0. The van der Waals surface area contributed by atoms with Crippen molar-refractivity contribution in [1.29, 1.82) is 0 Å². The molecule has 2 bridgehead atoms. The van der Waals surface area contributed by atoms with E-state index in [4.69, 9.17) is 0 Å². The van der Waals surface area contributed by atoms with Crippen molar-refractivity contribution in [3.05, 3.63) is 29.8 Å². The van der Waals surface area contributed by atoms with Crippen LogP contribution < -0.4 is 0 Å². The van der Waals surface area contributed by atoms with Gasteiger partial charge in [-0.25, -0.2) is 4.39 Å². The number of fused-ring (bicyclic) bond motifs is 2. The molecule has 1 aromatic heterocycles. The van der Waals surface area contributed by atoms with Crippen LogP contribution >= 0.6 is 0 Å². The average Bonchev–Trinajstić information content (AvgIpc) is 2.38. The summed E-state index contributed by atoms with van der Waals surface area (Å²) in [5, 5.41) is 0. The summed E-state index contributed by atoms with van der Waals surface area (Å²) in [5.74, 6) is 0.544. The second kappa shape index (κ2) is 4.67. The van der Waals surface area contributed by atoms with E-state index in [2.05, 4.69) is 4.98 Å². The predicted octanol–water partition coefficient (Wildman–Crippen LogP) is 2.48. The van der Waals surface area contributed by atoms with Gasteiger partial charge in [-0.1, -0.05) is 6.42 Å². The van der Waals surface area contributed by atoms with Gasteiger partial charge in [0.2, 0.25) is 0 Å². The Morgan fingerprint density at radius 2 is 2.06 bits per heavy atom. The molecule has 2 fully saturated rings. The largest absolute Gasteiger partial charge is 0.338 e. The third kappa shape index (κ3) is 2.11. The topological polar surface area (TPSA) is 33.2 Å². The summed E-state index contributed by atoms with van der Waals surface area (Å²) in [6, 6.07) is 1.47. The third-order valence-electron chi connectivity index (χ3n) is 4.14. The van der Waals surface area contributed by atoms with Crippen molar-refractivity contribution in [3.63, 3.8) is 0 Å². The minimum Gasteiger partial charge on any atom is -0.338 e. The molecule has 0 N–H and O–H groups in total. The first-order valence-corrected chi connectivity index (χ1v) is 6.63. The molecule has 1 aliphatic heterocycles. The van der Waals surface area contributed by atoms with E-state index in [9.17, 15) is 9.18 Å². The molecule has 2 atom stereocenters. The second-order valence-electron chi connectivity index (χ2n) is 5.46. The zero-order valence-corrected chi connectivity index (χ0v) is 10.3. The minimum atomic E-state index is -0.516. The van der Waals surface area contributed by atoms with Crippen LogP contribution in [0.2, 0.25) is 0 Å². The van der Waals surface area contributed by atoms with Crippen molar-refractivity contribution in [2.45, 2.75) is 25.7 Å². The standard InChI is InChI=1S/C14H17FN2O/c15-13-7-16-5-4-12(13)14(18)17-8-10-2-1-3-11(6-10)9-17/h4-5,7,10-11H,1-3,6,8-9H2. The molecular weight excluding hydrogens is 231 g/mol. The van der Waals surface area contributed by atoms with Crippen molar-refractivity contribution in [2.24, 2.45) is 11.8 Å². The number of halogens is 1. The van der Waals surface area contributed by atoms with Gasteiger partial charge in [-0.15, -0.1) is 0 Å². The van der Waals surface area contributed by atoms with Crippen LogP contribution in [0.5, 0.6) is 0 Å². The lowest BCUT2D eigenvalue weighted by molar-refractivity contribution is 0.0500. The lowest BCUT2D eigenvalue weighted by Crippen LogP contribution is -2.45. The van der Waals surface area contributed by atoms with E-state index in [0.717, 1.165) is 19.3 Å². The number of pyridine rings is 1. The quantitative estimate of drug-likeness (QED) is 0.765. The summed E-state index contributed by atoms with van der Waals surface area (Å²) in [6.45, 7) is 1.58. The summed E-state index contributed by atoms with van der Waals surface area (Å²) in [6.07, 6.45) is 7.51. The molecule has 1 saturated heterocycles. The van der Waals surface area contributed by atoms with E-state index in [0.29, 0.717) is 11.8 Å². The molecule has 4 heteroatoms. The third-order valence-corrected chi connectivity index (χ3v) is 4.14. The van der Waals surface area contributed by atoms with Gasteiger partial charge in [-0.2, -0.15) is 0 Å². The van der Waals surface area contributed by atoms with E-state index in [1.807, 2.05) is 4.90 Å². The fourth-order valence-corrected chi connectivity index (χ4v) is 3.32. The van der Waals surface area contributed by atoms with Crippen molar-refractivity contribution in [2.75, 3.05) is 13.1 Å². The number of nitrogens with zero attached hydrogens (tertiary/aromatic N) is 2. The van der Waals surface area contributed by atoms with Gasteiger partial charge in [0.15, 0.2) is 5.82 Å². The molecule has 2 heterocycles. The monoisotopic (exact) mass is 248 g/mol. The van der Waals surface area contributed by atoms with Crippen LogP contribution in [0.3, 0.4) is 0 Å². The molecule has 0 spiro atoms. The van der Waals surface area contributed by atoms with Gasteiger partial charge in [0, 0.05) is 19.3 Å². The van der Waals surface area contributed by atoms with Crippen LogP contribution in [0, 0.1) is 17.7 Å². The number of amides is 1. The highest BCUT2D eigenvalue weighted by Gasteiger charge is 2.33. The van der Waals surface area contributed by atoms with Crippen LogP contribution in [0.4, 0.5) is 4.39 Å². The zero-order valence-electron chi connectivity index (χ0n) is 10.3. The number of hydrogen-bond acceptors (Lipinski definition) is 2. The van der Waals surface area contributed by atoms with Gasteiger partial charge >= 0.3 is 0 Å². The highest BCUT2D eigenvalue weighted by molar-refractivity contribution is 5.94. The van der Waals surface area contributed by atoms with E-state index in [-0.39, 0.29) is 11.5 Å². The molecule has 0 aromatic carbocycles. The van der Waals surface area contributed by atoms with Gasteiger partial charge in [0.1, 0.15) is 0 Å². The van der Waals surface area contributed by atoms with Crippen LogP contribution in [-0.4, -0.2) is 28.9 Å². The maximum Gasteiger partial charge on any atom is 0.256 e. The van der Waals surface area contributed by atoms with E-state index >= 15 is 0 Å². The predicted molar refractivity (Wildman–Crippen MR) is 65.5 cm³/mol. The van der Waals surface area contributed by atoms with Crippen molar-refractivity contribution in [3.8, 4) is 0 Å².